The van der Waals surface area contributed by atoms with Crippen molar-refractivity contribution in [3.8, 4) is 11.5 Å². The molecule has 11 heteroatoms. The van der Waals surface area contributed by atoms with E-state index in [9.17, 15) is 14.4 Å². The van der Waals surface area contributed by atoms with E-state index in [1.165, 1.54) is 11.3 Å². The molecule has 0 spiro atoms. The van der Waals surface area contributed by atoms with Crippen molar-refractivity contribution in [3.63, 3.8) is 0 Å². The lowest BCUT2D eigenvalue weighted by atomic mass is 10.1. The normalized spacial score (nSPS) is 17.9. The minimum absolute atomic E-state index is 0.100. The Hall–Kier alpha value is -4.48. The molecule has 2 aliphatic rings. The van der Waals surface area contributed by atoms with Crippen LogP contribution < -0.4 is 31.3 Å². The molecule has 2 atom stereocenters. The number of rotatable bonds is 7. The zero-order chi connectivity index (χ0) is 27.8. The highest BCUT2D eigenvalue weighted by Gasteiger charge is 2.35. The Bertz CT molecular complexity index is 1620. The molecule has 1 aliphatic carbocycles. The molecule has 0 unspecified atom stereocenters. The van der Waals surface area contributed by atoms with Crippen molar-refractivity contribution in [2.24, 2.45) is 5.73 Å². The van der Waals surface area contributed by atoms with Crippen LogP contribution in [0.3, 0.4) is 0 Å². The van der Waals surface area contributed by atoms with Gasteiger partial charge < -0.3 is 26.4 Å². The zero-order valence-electron chi connectivity index (χ0n) is 21.8. The summed E-state index contributed by atoms with van der Waals surface area (Å²) in [5, 5.41) is 9.60. The second-order valence-corrected chi connectivity index (χ2v) is 10.8. The van der Waals surface area contributed by atoms with Crippen molar-refractivity contribution in [2.75, 3.05) is 16.8 Å². The van der Waals surface area contributed by atoms with Gasteiger partial charge >= 0.3 is 6.03 Å². The van der Waals surface area contributed by atoms with Crippen molar-refractivity contribution in [1.82, 2.24) is 15.6 Å². The fourth-order valence-electron chi connectivity index (χ4n) is 5.36. The maximum atomic E-state index is 13.5. The van der Waals surface area contributed by atoms with Crippen molar-refractivity contribution < 1.29 is 19.1 Å². The van der Waals surface area contributed by atoms with Crippen LogP contribution in [0.25, 0.3) is 10.2 Å². The summed E-state index contributed by atoms with van der Waals surface area (Å²) < 4.78 is 5.96. The van der Waals surface area contributed by atoms with Gasteiger partial charge in [0.1, 0.15) is 21.2 Å². The van der Waals surface area contributed by atoms with E-state index in [0.717, 1.165) is 30.6 Å². The van der Waals surface area contributed by atoms with Gasteiger partial charge in [0.25, 0.3) is 5.91 Å². The number of aryl methyl sites for hydroxylation is 1. The molecule has 3 heterocycles. The SMILES string of the molecule is Cc1cc(Oc2ccccc2)ccc1N1C(=O)Nc2c(C(=O)N[C@@H]3CCC[C@@H]3NC(=O)CN)sc3nccc1c23. The standard InChI is InChI=1S/C29H28N6O4S/c1-16-14-18(39-17-6-3-2-4-7-17)10-11-21(16)35-22-12-13-31-28-24(22)25(34-29(35)38)26(40-28)27(37)33-20-9-5-8-19(20)32-23(36)15-30/h2-4,6-7,10-14,19-20H,5,8-9,15,30H2,1H3,(H,32,36)(H,33,37)(H,34,38)/t19-,20+/m0/s1. The van der Waals surface area contributed by atoms with Crippen LogP contribution in [-0.4, -0.2) is 41.5 Å². The van der Waals surface area contributed by atoms with Gasteiger partial charge in [-0.2, -0.15) is 0 Å². The van der Waals surface area contributed by atoms with E-state index in [-0.39, 0.29) is 36.5 Å². The molecule has 1 saturated carbocycles. The van der Waals surface area contributed by atoms with Gasteiger partial charge in [-0.15, -0.1) is 11.3 Å². The van der Waals surface area contributed by atoms with E-state index in [1.54, 1.807) is 17.2 Å². The van der Waals surface area contributed by atoms with E-state index in [0.29, 0.717) is 37.9 Å². The predicted molar refractivity (Wildman–Crippen MR) is 155 cm³/mol. The Kier molecular flexibility index (Phi) is 6.82. The third-order valence-electron chi connectivity index (χ3n) is 7.20. The topological polar surface area (TPSA) is 139 Å². The van der Waals surface area contributed by atoms with Crippen molar-refractivity contribution in [2.45, 2.75) is 38.3 Å². The first-order valence-corrected chi connectivity index (χ1v) is 13.9. The first kappa shape index (κ1) is 25.8. The second-order valence-electron chi connectivity index (χ2n) is 9.83. The summed E-state index contributed by atoms with van der Waals surface area (Å²) in [6.45, 7) is 1.82. The molecule has 40 heavy (non-hydrogen) atoms. The molecule has 4 amide bonds. The van der Waals surface area contributed by atoms with Crippen molar-refractivity contribution in [3.05, 3.63) is 71.2 Å². The van der Waals surface area contributed by atoms with Gasteiger partial charge in [-0.05, 0) is 68.1 Å². The summed E-state index contributed by atoms with van der Waals surface area (Å²) in [4.78, 5) is 45.9. The summed E-state index contributed by atoms with van der Waals surface area (Å²) in [7, 11) is 0. The number of carbonyl (C=O) groups excluding carboxylic acids is 3. The minimum atomic E-state index is -0.374. The van der Waals surface area contributed by atoms with Crippen molar-refractivity contribution >= 4 is 56.5 Å². The predicted octanol–water partition coefficient (Wildman–Crippen LogP) is 4.81. The summed E-state index contributed by atoms with van der Waals surface area (Å²) >= 11 is 1.23. The van der Waals surface area contributed by atoms with Crippen LogP contribution >= 0.6 is 11.3 Å². The number of ether oxygens (including phenoxy) is 1. The highest BCUT2D eigenvalue weighted by molar-refractivity contribution is 7.21. The number of thiophene rings is 1. The number of nitrogens with zero attached hydrogens (tertiary/aromatic N) is 2. The van der Waals surface area contributed by atoms with Gasteiger partial charge in [0, 0.05) is 18.3 Å². The van der Waals surface area contributed by atoms with Gasteiger partial charge in [-0.3, -0.25) is 14.5 Å². The van der Waals surface area contributed by atoms with Crippen LogP contribution in [0.4, 0.5) is 21.9 Å². The van der Waals surface area contributed by atoms with Crippen LogP contribution in [0.15, 0.2) is 60.8 Å². The number of hydrogen-bond donors (Lipinski definition) is 4. The number of pyridine rings is 1. The van der Waals surface area contributed by atoms with Crippen LogP contribution in [0.5, 0.6) is 11.5 Å². The maximum absolute atomic E-state index is 13.5. The Labute approximate surface area is 234 Å². The Balaban J connectivity index is 1.30. The van der Waals surface area contributed by atoms with Crippen LogP contribution in [0.2, 0.25) is 0 Å². The van der Waals surface area contributed by atoms with E-state index < -0.39 is 0 Å². The lowest BCUT2D eigenvalue weighted by Crippen LogP contribution is -2.49. The van der Waals surface area contributed by atoms with E-state index in [1.807, 2.05) is 55.5 Å². The quantitative estimate of drug-likeness (QED) is 0.258. The smallest absolute Gasteiger partial charge is 0.331 e. The zero-order valence-corrected chi connectivity index (χ0v) is 22.6. The number of urea groups is 1. The highest BCUT2D eigenvalue weighted by Crippen LogP contribution is 2.46. The summed E-state index contributed by atoms with van der Waals surface area (Å²) in [6.07, 6.45) is 4.03. The maximum Gasteiger partial charge on any atom is 0.331 e. The summed E-state index contributed by atoms with van der Waals surface area (Å²) in [5.74, 6) is 0.822. The number of hydrogen-bond acceptors (Lipinski definition) is 7. The fourth-order valence-corrected chi connectivity index (χ4v) is 6.38. The molecule has 2 aromatic carbocycles. The number of aromatic nitrogens is 1. The largest absolute Gasteiger partial charge is 0.457 e. The van der Waals surface area contributed by atoms with Gasteiger partial charge in [0.2, 0.25) is 5.91 Å². The number of carbonyl (C=O) groups is 3. The monoisotopic (exact) mass is 556 g/mol. The lowest BCUT2D eigenvalue weighted by molar-refractivity contribution is -0.120. The molecule has 2 aromatic heterocycles. The minimum Gasteiger partial charge on any atom is -0.457 e. The average Bonchev–Trinajstić information content (AvgIpc) is 3.55. The molecular formula is C29H28N6O4S. The molecule has 0 radical (unpaired) electrons. The molecule has 4 aromatic rings. The van der Waals surface area contributed by atoms with Gasteiger partial charge in [-0.25, -0.2) is 9.78 Å². The Morgan fingerprint density at radius 2 is 1.85 bits per heavy atom. The molecule has 10 nitrogen and oxygen atoms in total. The van der Waals surface area contributed by atoms with E-state index >= 15 is 0 Å². The average molecular weight is 557 g/mol. The number of nitrogens with one attached hydrogen (secondary N) is 3. The third-order valence-corrected chi connectivity index (χ3v) is 8.30. The number of anilines is 3. The molecule has 5 N–H and O–H groups in total. The third kappa shape index (κ3) is 4.74. The first-order chi connectivity index (χ1) is 19.4. The lowest BCUT2D eigenvalue weighted by Gasteiger charge is -2.29. The molecule has 204 valence electrons. The van der Waals surface area contributed by atoms with Crippen LogP contribution in [0, 0.1) is 6.92 Å². The molecule has 1 aliphatic heterocycles. The molecule has 0 saturated heterocycles. The summed E-state index contributed by atoms with van der Waals surface area (Å²) in [6, 6.07) is 16.1. The van der Waals surface area contributed by atoms with Crippen LogP contribution in [-0.2, 0) is 4.79 Å². The fraction of sp³-hybridized carbons (Fsp3) is 0.241. The Morgan fingerprint density at radius 3 is 2.60 bits per heavy atom. The second kappa shape index (κ2) is 10.6. The molecule has 0 bridgehead atoms. The van der Waals surface area contributed by atoms with E-state index in [2.05, 4.69) is 20.9 Å². The van der Waals surface area contributed by atoms with Gasteiger partial charge in [0.05, 0.1) is 29.0 Å². The Morgan fingerprint density at radius 1 is 1.07 bits per heavy atom. The van der Waals surface area contributed by atoms with Gasteiger partial charge in [-0.1, -0.05) is 18.2 Å². The number of benzene rings is 2. The highest BCUT2D eigenvalue weighted by atomic mass is 32.1. The number of para-hydroxylation sites is 1. The van der Waals surface area contributed by atoms with Crippen LogP contribution in [0.1, 0.15) is 34.5 Å². The summed E-state index contributed by atoms with van der Waals surface area (Å²) in [5.41, 5.74) is 8.08. The molecule has 1 fully saturated rings. The van der Waals surface area contributed by atoms with Crippen molar-refractivity contribution in [1.29, 1.82) is 0 Å². The first-order valence-electron chi connectivity index (χ1n) is 13.1. The molecular weight excluding hydrogens is 528 g/mol. The number of amides is 4. The van der Waals surface area contributed by atoms with E-state index in [4.69, 9.17) is 10.5 Å². The van der Waals surface area contributed by atoms with Gasteiger partial charge in [0.15, 0.2) is 0 Å². The number of nitrogens with two attached hydrogens (primary N) is 1. The molecule has 6 rings (SSSR count).